The summed E-state index contributed by atoms with van der Waals surface area (Å²) in [6.07, 6.45) is 0. The van der Waals surface area contributed by atoms with Gasteiger partial charge in [0, 0.05) is 5.56 Å². The van der Waals surface area contributed by atoms with Crippen LogP contribution < -0.4 is 18.9 Å². The Labute approximate surface area is 181 Å². The van der Waals surface area contributed by atoms with Crippen LogP contribution >= 0.6 is 11.6 Å². The van der Waals surface area contributed by atoms with Crippen molar-refractivity contribution in [3.05, 3.63) is 82.4 Å². The lowest BCUT2D eigenvalue weighted by molar-refractivity contribution is 0.101. The lowest BCUT2D eigenvalue weighted by atomic mass is 10.1. The number of hydrogen-bond acceptors (Lipinski definition) is 5. The highest BCUT2D eigenvalue weighted by atomic mass is 35.5. The molecule has 6 heteroatoms. The summed E-state index contributed by atoms with van der Waals surface area (Å²) in [5.74, 6) is 2.20. The van der Waals surface area contributed by atoms with Gasteiger partial charge >= 0.3 is 0 Å². The number of halogens is 1. The van der Waals surface area contributed by atoms with Crippen LogP contribution in [0.2, 0.25) is 5.02 Å². The largest absolute Gasteiger partial charge is 0.497 e. The van der Waals surface area contributed by atoms with Crippen LogP contribution in [0, 0.1) is 0 Å². The third-order valence-electron chi connectivity index (χ3n) is 4.54. The molecule has 0 unspecified atom stereocenters. The van der Waals surface area contributed by atoms with Crippen LogP contribution in [-0.4, -0.2) is 20.0 Å². The molecule has 30 heavy (non-hydrogen) atoms. The molecule has 0 saturated carbocycles. The fourth-order valence-corrected chi connectivity index (χ4v) is 3.16. The van der Waals surface area contributed by atoms with E-state index in [4.69, 9.17) is 30.5 Å². The maximum atomic E-state index is 11.9. The third-order valence-corrected chi connectivity index (χ3v) is 4.91. The zero-order chi connectivity index (χ0) is 21.5. The van der Waals surface area contributed by atoms with Crippen LogP contribution in [0.25, 0.3) is 0 Å². The first kappa shape index (κ1) is 21.5. The number of ether oxygens (including phenoxy) is 4. The standard InChI is InChI=1S/C24H23ClO5/c1-16(26)21-12-13-22(29-14-17-4-8-19(27-2)9-5-17)24(23(21)25)30-15-18-6-10-20(28-3)11-7-18/h4-13H,14-15H2,1-3H3. The van der Waals surface area contributed by atoms with E-state index >= 15 is 0 Å². The fourth-order valence-electron chi connectivity index (χ4n) is 2.82. The summed E-state index contributed by atoms with van der Waals surface area (Å²) in [6, 6.07) is 18.4. The van der Waals surface area contributed by atoms with Gasteiger partial charge in [0.1, 0.15) is 24.7 Å². The van der Waals surface area contributed by atoms with Crippen molar-refractivity contribution in [3.8, 4) is 23.0 Å². The zero-order valence-corrected chi connectivity index (χ0v) is 17.9. The van der Waals surface area contributed by atoms with Gasteiger partial charge in [0.2, 0.25) is 0 Å². The number of Topliss-reactive ketones (excluding diaryl/α,β-unsaturated/α-hetero) is 1. The first-order chi connectivity index (χ1) is 14.5. The summed E-state index contributed by atoms with van der Waals surface area (Å²) < 4.78 is 22.3. The SMILES string of the molecule is COc1ccc(COc2ccc(C(C)=O)c(Cl)c2OCc2ccc(OC)cc2)cc1. The number of hydrogen-bond donors (Lipinski definition) is 0. The Bertz CT molecular complexity index is 997. The van der Waals surface area contributed by atoms with Crippen molar-refractivity contribution in [2.75, 3.05) is 14.2 Å². The van der Waals surface area contributed by atoms with E-state index in [2.05, 4.69) is 0 Å². The topological polar surface area (TPSA) is 54.0 Å². The molecule has 3 aromatic carbocycles. The monoisotopic (exact) mass is 426 g/mol. The molecule has 0 aliphatic carbocycles. The van der Waals surface area contributed by atoms with E-state index in [0.29, 0.717) is 23.7 Å². The van der Waals surface area contributed by atoms with Crippen LogP contribution in [0.5, 0.6) is 23.0 Å². The highest BCUT2D eigenvalue weighted by molar-refractivity contribution is 6.35. The maximum absolute atomic E-state index is 11.9. The molecule has 3 aromatic rings. The molecule has 3 rings (SSSR count). The molecule has 0 N–H and O–H groups in total. The number of carbonyl (C=O) groups is 1. The Morgan fingerprint density at radius 2 is 1.27 bits per heavy atom. The minimum absolute atomic E-state index is 0.143. The summed E-state index contributed by atoms with van der Waals surface area (Å²) in [5, 5.41) is 0.239. The minimum Gasteiger partial charge on any atom is -0.497 e. The van der Waals surface area contributed by atoms with Crippen molar-refractivity contribution >= 4 is 17.4 Å². The molecular formula is C24H23ClO5. The molecule has 0 atom stereocenters. The molecule has 0 fully saturated rings. The number of benzene rings is 3. The van der Waals surface area contributed by atoms with E-state index in [-0.39, 0.29) is 17.4 Å². The van der Waals surface area contributed by atoms with Gasteiger partial charge in [-0.25, -0.2) is 0 Å². The van der Waals surface area contributed by atoms with Crippen LogP contribution in [0.15, 0.2) is 60.7 Å². The fraction of sp³-hybridized carbons (Fsp3) is 0.208. The van der Waals surface area contributed by atoms with Crippen molar-refractivity contribution in [1.82, 2.24) is 0 Å². The minimum atomic E-state index is -0.143. The van der Waals surface area contributed by atoms with Gasteiger partial charge in [-0.15, -0.1) is 0 Å². The highest BCUT2D eigenvalue weighted by Gasteiger charge is 2.17. The highest BCUT2D eigenvalue weighted by Crippen LogP contribution is 2.39. The normalized spacial score (nSPS) is 10.4. The van der Waals surface area contributed by atoms with E-state index in [9.17, 15) is 4.79 Å². The summed E-state index contributed by atoms with van der Waals surface area (Å²) in [5.41, 5.74) is 2.28. The lowest BCUT2D eigenvalue weighted by Gasteiger charge is -2.16. The lowest BCUT2D eigenvalue weighted by Crippen LogP contribution is -2.04. The molecular weight excluding hydrogens is 404 g/mol. The second-order valence-corrected chi connectivity index (χ2v) is 6.96. The van der Waals surface area contributed by atoms with Gasteiger partial charge < -0.3 is 18.9 Å². The molecule has 0 radical (unpaired) electrons. The van der Waals surface area contributed by atoms with Crippen molar-refractivity contribution in [3.63, 3.8) is 0 Å². The summed E-state index contributed by atoms with van der Waals surface area (Å²) in [7, 11) is 3.24. The van der Waals surface area contributed by atoms with Crippen LogP contribution in [0.1, 0.15) is 28.4 Å². The molecule has 0 aliphatic rings. The van der Waals surface area contributed by atoms with Gasteiger partial charge in [0.15, 0.2) is 17.3 Å². The number of methoxy groups -OCH3 is 2. The number of carbonyl (C=O) groups excluding carboxylic acids is 1. The number of ketones is 1. The molecule has 0 saturated heterocycles. The zero-order valence-electron chi connectivity index (χ0n) is 17.1. The first-order valence-electron chi connectivity index (χ1n) is 9.36. The van der Waals surface area contributed by atoms with Gasteiger partial charge in [-0.05, 0) is 54.4 Å². The van der Waals surface area contributed by atoms with Crippen molar-refractivity contribution in [2.45, 2.75) is 20.1 Å². The Morgan fingerprint density at radius 1 is 0.767 bits per heavy atom. The average molecular weight is 427 g/mol. The van der Waals surface area contributed by atoms with Crippen LogP contribution in [-0.2, 0) is 13.2 Å². The number of rotatable bonds is 9. The Balaban J connectivity index is 1.80. The molecule has 0 aromatic heterocycles. The molecule has 0 bridgehead atoms. The second-order valence-electron chi connectivity index (χ2n) is 6.58. The van der Waals surface area contributed by atoms with Gasteiger partial charge in [0.05, 0.1) is 19.2 Å². The van der Waals surface area contributed by atoms with Gasteiger partial charge in [-0.3, -0.25) is 4.79 Å². The predicted octanol–water partition coefficient (Wildman–Crippen LogP) is 5.72. The van der Waals surface area contributed by atoms with E-state index in [1.54, 1.807) is 26.4 Å². The molecule has 5 nitrogen and oxygen atoms in total. The van der Waals surface area contributed by atoms with E-state index in [1.807, 2.05) is 48.5 Å². The molecule has 0 aliphatic heterocycles. The summed E-state index contributed by atoms with van der Waals surface area (Å²) in [6.45, 7) is 2.05. The van der Waals surface area contributed by atoms with Gasteiger partial charge in [-0.1, -0.05) is 35.9 Å². The van der Waals surface area contributed by atoms with E-state index in [0.717, 1.165) is 22.6 Å². The Hall–Kier alpha value is -3.18. The van der Waals surface area contributed by atoms with Gasteiger partial charge in [-0.2, -0.15) is 0 Å². The average Bonchev–Trinajstić information content (AvgIpc) is 2.77. The first-order valence-corrected chi connectivity index (χ1v) is 9.74. The second kappa shape index (κ2) is 10.0. The van der Waals surface area contributed by atoms with Gasteiger partial charge in [0.25, 0.3) is 0 Å². The van der Waals surface area contributed by atoms with Crippen molar-refractivity contribution < 1.29 is 23.7 Å². The van der Waals surface area contributed by atoms with Crippen LogP contribution in [0.4, 0.5) is 0 Å². The predicted molar refractivity (Wildman–Crippen MR) is 116 cm³/mol. The van der Waals surface area contributed by atoms with E-state index < -0.39 is 0 Å². The third kappa shape index (κ3) is 5.24. The Kier molecular flexibility index (Phi) is 7.20. The smallest absolute Gasteiger partial charge is 0.180 e. The van der Waals surface area contributed by atoms with Crippen molar-refractivity contribution in [2.24, 2.45) is 0 Å². The molecule has 156 valence electrons. The molecule has 0 heterocycles. The summed E-state index contributed by atoms with van der Waals surface area (Å²) >= 11 is 6.48. The van der Waals surface area contributed by atoms with Crippen LogP contribution in [0.3, 0.4) is 0 Å². The van der Waals surface area contributed by atoms with Crippen molar-refractivity contribution in [1.29, 1.82) is 0 Å². The summed E-state index contributed by atoms with van der Waals surface area (Å²) in [4.78, 5) is 11.9. The maximum Gasteiger partial charge on any atom is 0.180 e. The quantitative estimate of drug-likeness (QED) is 0.410. The molecule has 0 amide bonds. The Morgan fingerprint density at radius 3 is 1.73 bits per heavy atom. The molecule has 0 spiro atoms. The van der Waals surface area contributed by atoms with E-state index in [1.165, 1.54) is 6.92 Å².